The van der Waals surface area contributed by atoms with Crippen LogP contribution in [0.15, 0.2) is 48.7 Å². The third-order valence-electron chi connectivity index (χ3n) is 4.93. The lowest BCUT2D eigenvalue weighted by Crippen LogP contribution is -2.23. The summed E-state index contributed by atoms with van der Waals surface area (Å²) >= 11 is 5.59. The van der Waals surface area contributed by atoms with E-state index in [0.29, 0.717) is 11.4 Å². The number of alkyl halides is 3. The van der Waals surface area contributed by atoms with Gasteiger partial charge in [0.05, 0.1) is 23.2 Å². The molecular weight excluding hydrogens is 433 g/mol. The van der Waals surface area contributed by atoms with Gasteiger partial charge in [-0.05, 0) is 30.7 Å². The zero-order valence-corrected chi connectivity index (χ0v) is 16.9. The van der Waals surface area contributed by atoms with Crippen LogP contribution in [0.25, 0.3) is 11.1 Å². The molecule has 4 rings (SSSR count). The number of nitrogens with one attached hydrogen (secondary N) is 2. The summed E-state index contributed by atoms with van der Waals surface area (Å²) in [6.45, 7) is 1.96. The van der Waals surface area contributed by atoms with Crippen molar-refractivity contribution in [2.24, 2.45) is 0 Å². The van der Waals surface area contributed by atoms with Gasteiger partial charge in [0, 0.05) is 11.3 Å². The van der Waals surface area contributed by atoms with Crippen LogP contribution >= 0.6 is 11.6 Å². The Hall–Kier alpha value is -3.33. The summed E-state index contributed by atoms with van der Waals surface area (Å²) in [5, 5.41) is 8.88. The summed E-state index contributed by atoms with van der Waals surface area (Å²) in [6.07, 6.45) is -3.35. The van der Waals surface area contributed by atoms with Gasteiger partial charge in [0.1, 0.15) is 11.9 Å². The van der Waals surface area contributed by atoms with Crippen LogP contribution in [0.1, 0.15) is 23.6 Å². The van der Waals surface area contributed by atoms with Crippen LogP contribution in [0.2, 0.25) is 5.02 Å². The first-order valence-electron chi connectivity index (χ1n) is 9.25. The van der Waals surface area contributed by atoms with Gasteiger partial charge < -0.3 is 10.6 Å². The van der Waals surface area contributed by atoms with Crippen LogP contribution in [0.5, 0.6) is 0 Å². The lowest BCUT2D eigenvalue weighted by atomic mass is 10.1. The predicted molar refractivity (Wildman–Crippen MR) is 110 cm³/mol. The van der Waals surface area contributed by atoms with Crippen molar-refractivity contribution in [1.29, 1.82) is 0 Å². The monoisotopic (exact) mass is 448 g/mol. The summed E-state index contributed by atoms with van der Waals surface area (Å²) in [5.74, 6) is -0.577. The van der Waals surface area contributed by atoms with E-state index in [1.54, 1.807) is 6.20 Å². The number of nitrogens with zero attached hydrogens (tertiary/aromatic N) is 2. The molecule has 0 fully saturated rings. The molecule has 2 amide bonds. The molecule has 2 heterocycles. The van der Waals surface area contributed by atoms with Gasteiger partial charge >= 0.3 is 6.18 Å². The highest BCUT2D eigenvalue weighted by molar-refractivity contribution is 6.31. The second-order valence-corrected chi connectivity index (χ2v) is 7.57. The number of aryl methyl sites for hydroxylation is 1. The van der Waals surface area contributed by atoms with Gasteiger partial charge in [-0.25, -0.2) is 4.68 Å². The van der Waals surface area contributed by atoms with Crippen molar-refractivity contribution in [2.75, 3.05) is 10.6 Å². The van der Waals surface area contributed by atoms with Crippen molar-refractivity contribution < 1.29 is 22.8 Å². The fourth-order valence-corrected chi connectivity index (χ4v) is 3.59. The molecule has 3 aromatic rings. The highest BCUT2D eigenvalue weighted by Crippen LogP contribution is 2.37. The fraction of sp³-hybridized carbons (Fsp3) is 0.190. The first-order chi connectivity index (χ1) is 14.6. The van der Waals surface area contributed by atoms with Crippen molar-refractivity contribution in [1.82, 2.24) is 9.78 Å². The van der Waals surface area contributed by atoms with Crippen LogP contribution in [0.3, 0.4) is 0 Å². The molecule has 0 saturated heterocycles. The Balaban J connectivity index is 1.52. The number of aromatic nitrogens is 2. The Morgan fingerprint density at radius 3 is 2.61 bits per heavy atom. The number of amides is 2. The Bertz CT molecular complexity index is 1170. The van der Waals surface area contributed by atoms with E-state index in [9.17, 15) is 22.8 Å². The average Bonchev–Trinajstić information content (AvgIpc) is 3.23. The largest absolute Gasteiger partial charge is 0.417 e. The van der Waals surface area contributed by atoms with Crippen molar-refractivity contribution in [3.8, 4) is 11.1 Å². The topological polar surface area (TPSA) is 76.0 Å². The predicted octanol–water partition coefficient (Wildman–Crippen LogP) is 5.05. The minimum absolute atomic E-state index is 0.0684. The maximum Gasteiger partial charge on any atom is 0.417 e. The first kappa shape index (κ1) is 20.9. The number of anilines is 2. The summed E-state index contributed by atoms with van der Waals surface area (Å²) < 4.78 is 40.5. The third kappa shape index (κ3) is 4.13. The van der Waals surface area contributed by atoms with Crippen LogP contribution in [-0.2, 0) is 15.8 Å². The van der Waals surface area contributed by atoms with Gasteiger partial charge in [0.25, 0.3) is 5.91 Å². The zero-order chi connectivity index (χ0) is 22.3. The van der Waals surface area contributed by atoms with Gasteiger partial charge in [-0.1, -0.05) is 41.4 Å². The van der Waals surface area contributed by atoms with E-state index in [4.69, 9.17) is 11.6 Å². The van der Waals surface area contributed by atoms with E-state index >= 15 is 0 Å². The average molecular weight is 449 g/mol. The number of fused-ring (bicyclic) bond motifs is 1. The molecule has 0 saturated carbocycles. The van der Waals surface area contributed by atoms with Crippen molar-refractivity contribution in [2.45, 2.75) is 25.6 Å². The highest BCUT2D eigenvalue weighted by atomic mass is 35.5. The number of halogens is 4. The molecular formula is C21H16ClF3N4O2. The quantitative estimate of drug-likeness (QED) is 0.586. The summed E-state index contributed by atoms with van der Waals surface area (Å²) in [7, 11) is 0. The van der Waals surface area contributed by atoms with E-state index in [1.165, 1.54) is 10.7 Å². The summed E-state index contributed by atoms with van der Waals surface area (Å²) in [5.41, 5.74) is 1.53. The molecule has 1 atom stereocenters. The molecule has 160 valence electrons. The lowest BCUT2D eigenvalue weighted by Gasteiger charge is -2.13. The molecule has 0 radical (unpaired) electrons. The third-order valence-corrected chi connectivity index (χ3v) is 5.26. The SMILES string of the molecule is Cc1ccc(-c2cnn3c2NC(=O)C3CC(=O)Nc2ccc(Cl)c(C(F)(F)F)c2)cc1. The van der Waals surface area contributed by atoms with Gasteiger partial charge in [0.15, 0.2) is 0 Å². The standard InChI is InChI=1S/C21H16ClF3N4O2/c1-11-2-4-12(5-3-11)14-10-26-29-17(20(31)28-19(14)29)9-18(30)27-13-6-7-16(22)15(8-13)21(23,24)25/h2-8,10,17H,9H2,1H3,(H,27,30)(H,28,31). The molecule has 1 unspecified atom stereocenters. The van der Waals surface area contributed by atoms with Crippen molar-refractivity contribution in [3.63, 3.8) is 0 Å². The molecule has 0 aliphatic carbocycles. The molecule has 1 aromatic heterocycles. The van der Waals surface area contributed by atoms with E-state index in [2.05, 4.69) is 15.7 Å². The molecule has 31 heavy (non-hydrogen) atoms. The van der Waals surface area contributed by atoms with Gasteiger partial charge in [-0.3, -0.25) is 9.59 Å². The van der Waals surface area contributed by atoms with Crippen LogP contribution in [0, 0.1) is 6.92 Å². The minimum Gasteiger partial charge on any atom is -0.326 e. The number of rotatable bonds is 4. The Morgan fingerprint density at radius 1 is 1.23 bits per heavy atom. The molecule has 2 aromatic carbocycles. The molecule has 0 spiro atoms. The van der Waals surface area contributed by atoms with E-state index in [0.717, 1.165) is 23.3 Å². The van der Waals surface area contributed by atoms with E-state index in [-0.39, 0.29) is 12.1 Å². The second kappa shape index (κ2) is 7.73. The lowest BCUT2D eigenvalue weighted by molar-refractivity contribution is -0.137. The molecule has 2 N–H and O–H groups in total. The Kier molecular flexibility index (Phi) is 5.22. The van der Waals surface area contributed by atoms with Crippen LogP contribution < -0.4 is 10.6 Å². The van der Waals surface area contributed by atoms with E-state index < -0.39 is 34.6 Å². The van der Waals surface area contributed by atoms with Gasteiger partial charge in [-0.2, -0.15) is 18.3 Å². The van der Waals surface area contributed by atoms with Gasteiger partial charge in [0.2, 0.25) is 5.91 Å². The molecule has 6 nitrogen and oxygen atoms in total. The van der Waals surface area contributed by atoms with Crippen molar-refractivity contribution >= 4 is 34.9 Å². The first-order valence-corrected chi connectivity index (χ1v) is 9.63. The Morgan fingerprint density at radius 2 is 1.94 bits per heavy atom. The summed E-state index contributed by atoms with van der Waals surface area (Å²) in [4.78, 5) is 24.9. The van der Waals surface area contributed by atoms with Crippen LogP contribution in [0.4, 0.5) is 24.7 Å². The number of carbonyl (C=O) groups is 2. The number of hydrogen-bond donors (Lipinski definition) is 2. The fourth-order valence-electron chi connectivity index (χ4n) is 3.37. The highest BCUT2D eigenvalue weighted by Gasteiger charge is 2.36. The number of carbonyl (C=O) groups excluding carboxylic acids is 2. The smallest absolute Gasteiger partial charge is 0.326 e. The maximum absolute atomic E-state index is 13.0. The second-order valence-electron chi connectivity index (χ2n) is 7.17. The summed E-state index contributed by atoms with van der Waals surface area (Å²) in [6, 6.07) is 9.83. The molecule has 1 aliphatic rings. The molecule has 0 bridgehead atoms. The Labute approximate surface area is 180 Å². The normalized spacial score (nSPS) is 15.5. The maximum atomic E-state index is 13.0. The zero-order valence-electron chi connectivity index (χ0n) is 16.1. The van der Waals surface area contributed by atoms with Crippen LogP contribution in [-0.4, -0.2) is 21.6 Å². The number of hydrogen-bond acceptors (Lipinski definition) is 3. The van der Waals surface area contributed by atoms with E-state index in [1.807, 2.05) is 31.2 Å². The minimum atomic E-state index is -4.65. The number of benzene rings is 2. The molecule has 1 aliphatic heterocycles. The van der Waals surface area contributed by atoms with Gasteiger partial charge in [-0.15, -0.1) is 0 Å². The van der Waals surface area contributed by atoms with Crippen molar-refractivity contribution in [3.05, 3.63) is 64.8 Å². The molecule has 10 heteroatoms.